The maximum absolute atomic E-state index is 12.2. The number of aromatic nitrogens is 1. The Labute approximate surface area is 137 Å². The monoisotopic (exact) mass is 309 g/mol. The molecule has 0 aliphatic carbocycles. The van der Waals surface area contributed by atoms with Gasteiger partial charge in [0, 0.05) is 30.7 Å². The average Bonchev–Trinajstić information content (AvgIpc) is 3.03. The Kier molecular flexibility index (Phi) is 4.91. The van der Waals surface area contributed by atoms with Crippen LogP contribution in [0.2, 0.25) is 0 Å². The van der Waals surface area contributed by atoms with Gasteiger partial charge in [0.15, 0.2) is 0 Å². The van der Waals surface area contributed by atoms with E-state index in [4.69, 9.17) is 0 Å². The van der Waals surface area contributed by atoms with Crippen LogP contribution in [0.25, 0.3) is 0 Å². The number of hydrogen-bond acceptors (Lipinski definition) is 3. The summed E-state index contributed by atoms with van der Waals surface area (Å²) in [6.07, 6.45) is 6.06. The first-order valence-corrected chi connectivity index (χ1v) is 8.39. The molecular weight excluding hydrogens is 286 g/mol. The molecule has 0 spiro atoms. The van der Waals surface area contributed by atoms with Crippen molar-refractivity contribution in [3.63, 3.8) is 0 Å². The molecule has 1 aliphatic heterocycles. The second-order valence-electron chi connectivity index (χ2n) is 5.89. The molecule has 0 bridgehead atoms. The highest BCUT2D eigenvalue weighted by Crippen LogP contribution is 2.34. The lowest BCUT2D eigenvalue weighted by molar-refractivity contribution is 0.0948. The number of carbonyl (C=O) groups excluding carboxylic acids is 1. The lowest BCUT2D eigenvalue weighted by atomic mass is 10.2. The molecule has 0 saturated heterocycles. The topological polar surface area (TPSA) is 45.2 Å². The van der Waals surface area contributed by atoms with Crippen LogP contribution in [0.1, 0.15) is 42.2 Å². The highest BCUT2D eigenvalue weighted by molar-refractivity contribution is 5.93. The zero-order valence-electron chi connectivity index (χ0n) is 13.6. The van der Waals surface area contributed by atoms with Crippen molar-refractivity contribution in [1.29, 1.82) is 0 Å². The summed E-state index contributed by atoms with van der Waals surface area (Å²) in [5.41, 5.74) is 4.11. The smallest absolute Gasteiger partial charge is 0.269 e. The van der Waals surface area contributed by atoms with Gasteiger partial charge in [0.05, 0.1) is 0 Å². The predicted octanol–water partition coefficient (Wildman–Crippen LogP) is 3.70. The molecule has 0 saturated carbocycles. The fourth-order valence-corrected chi connectivity index (χ4v) is 2.99. The molecule has 120 valence electrons. The highest BCUT2D eigenvalue weighted by atomic mass is 16.1. The Morgan fingerprint density at radius 3 is 3.00 bits per heavy atom. The van der Waals surface area contributed by atoms with Crippen LogP contribution >= 0.6 is 0 Å². The third-order valence-electron chi connectivity index (χ3n) is 4.24. The van der Waals surface area contributed by atoms with Crippen molar-refractivity contribution < 1.29 is 4.79 Å². The summed E-state index contributed by atoms with van der Waals surface area (Å²) in [6.45, 7) is 3.81. The van der Waals surface area contributed by atoms with Crippen LogP contribution in [0.5, 0.6) is 0 Å². The van der Waals surface area contributed by atoms with Crippen molar-refractivity contribution in [2.75, 3.05) is 18.0 Å². The Morgan fingerprint density at radius 2 is 2.13 bits per heavy atom. The van der Waals surface area contributed by atoms with E-state index in [-0.39, 0.29) is 5.91 Å². The number of para-hydroxylation sites is 1. The van der Waals surface area contributed by atoms with Crippen LogP contribution in [0.4, 0.5) is 11.4 Å². The summed E-state index contributed by atoms with van der Waals surface area (Å²) in [7, 11) is 0. The Balaban J connectivity index is 1.72. The minimum absolute atomic E-state index is 0.0876. The lowest BCUT2D eigenvalue weighted by Gasteiger charge is -2.19. The summed E-state index contributed by atoms with van der Waals surface area (Å²) in [5.74, 6) is -0.0876. The number of amides is 1. The van der Waals surface area contributed by atoms with Crippen molar-refractivity contribution in [2.24, 2.45) is 0 Å². The maximum Gasteiger partial charge on any atom is 0.269 e. The fourth-order valence-electron chi connectivity index (χ4n) is 2.99. The number of carbonyl (C=O) groups is 1. The predicted molar refractivity (Wildman–Crippen MR) is 93.2 cm³/mol. The molecule has 4 nitrogen and oxygen atoms in total. The molecule has 1 aromatic carbocycles. The summed E-state index contributed by atoms with van der Waals surface area (Å²) < 4.78 is 0. The fraction of sp³-hybridized carbons (Fsp3) is 0.368. The van der Waals surface area contributed by atoms with Crippen LogP contribution in [-0.4, -0.2) is 24.0 Å². The van der Waals surface area contributed by atoms with Gasteiger partial charge in [0.2, 0.25) is 0 Å². The third kappa shape index (κ3) is 3.52. The van der Waals surface area contributed by atoms with E-state index in [2.05, 4.69) is 46.4 Å². The van der Waals surface area contributed by atoms with Gasteiger partial charge < -0.3 is 10.2 Å². The molecule has 3 rings (SSSR count). The van der Waals surface area contributed by atoms with E-state index in [1.165, 1.54) is 11.3 Å². The summed E-state index contributed by atoms with van der Waals surface area (Å²) >= 11 is 0. The normalized spacial score (nSPS) is 13.0. The van der Waals surface area contributed by atoms with Crippen LogP contribution in [-0.2, 0) is 6.42 Å². The van der Waals surface area contributed by atoms with E-state index in [1.807, 2.05) is 12.1 Å². The van der Waals surface area contributed by atoms with Crippen molar-refractivity contribution in [2.45, 2.75) is 32.6 Å². The van der Waals surface area contributed by atoms with E-state index in [0.717, 1.165) is 37.9 Å². The number of nitrogens with one attached hydrogen (secondary N) is 1. The zero-order chi connectivity index (χ0) is 16.1. The number of benzene rings is 1. The molecule has 2 aromatic rings. The number of anilines is 2. The van der Waals surface area contributed by atoms with Crippen LogP contribution in [0.3, 0.4) is 0 Å². The Hall–Kier alpha value is -2.36. The van der Waals surface area contributed by atoms with Crippen molar-refractivity contribution in [3.05, 3.63) is 53.9 Å². The molecule has 2 heterocycles. The van der Waals surface area contributed by atoms with Crippen molar-refractivity contribution in [3.8, 4) is 0 Å². The van der Waals surface area contributed by atoms with Gasteiger partial charge >= 0.3 is 0 Å². The second-order valence-corrected chi connectivity index (χ2v) is 5.89. The van der Waals surface area contributed by atoms with Gasteiger partial charge in [-0.2, -0.15) is 0 Å². The first-order chi connectivity index (χ1) is 11.3. The maximum atomic E-state index is 12.2. The van der Waals surface area contributed by atoms with Gasteiger partial charge in [-0.1, -0.05) is 38.0 Å². The van der Waals surface area contributed by atoms with E-state index in [1.54, 1.807) is 6.20 Å². The molecule has 0 radical (unpaired) electrons. The highest BCUT2D eigenvalue weighted by Gasteiger charge is 2.20. The largest absolute Gasteiger partial charge is 0.351 e. The van der Waals surface area contributed by atoms with Crippen LogP contribution < -0.4 is 10.2 Å². The van der Waals surface area contributed by atoms with Gasteiger partial charge in [-0.3, -0.25) is 9.78 Å². The average molecular weight is 309 g/mol. The van der Waals surface area contributed by atoms with Gasteiger partial charge in [-0.05, 0) is 36.6 Å². The van der Waals surface area contributed by atoms with Crippen molar-refractivity contribution >= 4 is 17.3 Å². The van der Waals surface area contributed by atoms with E-state index < -0.39 is 0 Å². The van der Waals surface area contributed by atoms with Gasteiger partial charge in [-0.25, -0.2) is 0 Å². The minimum Gasteiger partial charge on any atom is -0.351 e. The number of fused-ring (bicyclic) bond motifs is 1. The minimum atomic E-state index is -0.0876. The first-order valence-electron chi connectivity index (χ1n) is 8.39. The third-order valence-corrected chi connectivity index (χ3v) is 4.24. The molecule has 4 heteroatoms. The summed E-state index contributed by atoms with van der Waals surface area (Å²) in [6, 6.07) is 12.3. The molecule has 1 amide bonds. The molecule has 1 aromatic heterocycles. The molecule has 0 fully saturated rings. The van der Waals surface area contributed by atoms with Gasteiger partial charge in [0.1, 0.15) is 5.69 Å². The molecule has 1 aliphatic rings. The molecule has 0 atom stereocenters. The Bertz CT molecular complexity index is 684. The van der Waals surface area contributed by atoms with Gasteiger partial charge in [-0.15, -0.1) is 0 Å². The van der Waals surface area contributed by atoms with Crippen molar-refractivity contribution in [1.82, 2.24) is 10.3 Å². The number of hydrogen-bond donors (Lipinski definition) is 1. The number of unbranched alkanes of at least 4 members (excludes halogenated alkanes) is 2. The van der Waals surface area contributed by atoms with E-state index >= 15 is 0 Å². The summed E-state index contributed by atoms with van der Waals surface area (Å²) in [4.78, 5) is 18.7. The van der Waals surface area contributed by atoms with Crippen LogP contribution in [0.15, 0.2) is 42.6 Å². The molecule has 1 N–H and O–H groups in total. The summed E-state index contributed by atoms with van der Waals surface area (Å²) in [5, 5.41) is 2.95. The lowest BCUT2D eigenvalue weighted by Crippen LogP contribution is -2.25. The number of rotatable bonds is 6. The SMILES string of the molecule is CCCCCNC(=O)c1cc(N2CCc3ccccc32)ccn1. The molecular formula is C19H23N3O. The number of pyridine rings is 1. The molecule has 23 heavy (non-hydrogen) atoms. The van der Waals surface area contributed by atoms with Gasteiger partial charge in [0.25, 0.3) is 5.91 Å². The second kappa shape index (κ2) is 7.27. The Morgan fingerprint density at radius 1 is 1.26 bits per heavy atom. The zero-order valence-corrected chi connectivity index (χ0v) is 13.6. The van der Waals surface area contributed by atoms with Crippen LogP contribution in [0, 0.1) is 0 Å². The molecule has 0 unspecified atom stereocenters. The first kappa shape index (κ1) is 15.5. The number of nitrogens with zero attached hydrogens (tertiary/aromatic N) is 2. The van der Waals surface area contributed by atoms with E-state index in [0.29, 0.717) is 12.2 Å². The van der Waals surface area contributed by atoms with E-state index in [9.17, 15) is 4.79 Å². The quantitative estimate of drug-likeness (QED) is 0.828. The standard InChI is InChI=1S/C19H23N3O/c1-2-3-6-11-21-19(23)17-14-16(9-12-20-17)22-13-10-15-7-4-5-8-18(15)22/h4-5,7-9,12,14H,2-3,6,10-11,13H2,1H3,(H,21,23).